The molecule has 0 radical (unpaired) electrons. The Bertz CT molecular complexity index is 525. The van der Waals surface area contributed by atoms with Gasteiger partial charge in [0.1, 0.15) is 11.5 Å². The number of rotatable bonds is 0. The predicted molar refractivity (Wildman–Crippen MR) is 66.4 cm³/mol. The SMILES string of the molecule is C=C1c2ccoc2C[C@@]2(C)[C@H](C)CC(=O)[C@@]12C. The molecule has 1 aromatic rings. The van der Waals surface area contributed by atoms with Gasteiger partial charge in [-0.15, -0.1) is 0 Å². The van der Waals surface area contributed by atoms with Crippen molar-refractivity contribution < 1.29 is 9.21 Å². The topological polar surface area (TPSA) is 30.2 Å². The minimum atomic E-state index is -0.413. The van der Waals surface area contributed by atoms with Crippen molar-refractivity contribution >= 4 is 11.4 Å². The quantitative estimate of drug-likeness (QED) is 0.683. The normalized spacial score (nSPS) is 40.3. The summed E-state index contributed by atoms with van der Waals surface area (Å²) in [6, 6.07) is 1.94. The van der Waals surface area contributed by atoms with E-state index in [1.165, 1.54) is 0 Å². The average molecular weight is 230 g/mol. The number of furan rings is 1. The number of hydrogen-bond acceptors (Lipinski definition) is 2. The average Bonchev–Trinajstić information content (AvgIpc) is 2.78. The molecule has 1 fully saturated rings. The maximum atomic E-state index is 12.4. The molecule has 0 amide bonds. The first-order valence-electron chi connectivity index (χ1n) is 6.20. The largest absolute Gasteiger partial charge is 0.469 e. The van der Waals surface area contributed by atoms with Crippen LogP contribution in [-0.2, 0) is 11.2 Å². The van der Waals surface area contributed by atoms with Crippen LogP contribution in [-0.4, -0.2) is 5.78 Å². The molecule has 0 saturated heterocycles. The molecule has 0 bridgehead atoms. The van der Waals surface area contributed by atoms with E-state index in [-0.39, 0.29) is 5.41 Å². The molecule has 0 unspecified atom stereocenters. The Morgan fingerprint density at radius 1 is 1.47 bits per heavy atom. The Kier molecular flexibility index (Phi) is 1.86. The molecule has 2 heteroatoms. The molecule has 1 heterocycles. The zero-order valence-electron chi connectivity index (χ0n) is 10.7. The fraction of sp³-hybridized carbons (Fsp3) is 0.533. The number of allylic oxidation sites excluding steroid dienone is 1. The van der Waals surface area contributed by atoms with Gasteiger partial charge in [-0.2, -0.15) is 0 Å². The van der Waals surface area contributed by atoms with Crippen molar-refractivity contribution in [2.24, 2.45) is 16.7 Å². The van der Waals surface area contributed by atoms with Crippen LogP contribution >= 0.6 is 0 Å². The standard InChI is InChI=1S/C15H18O2/c1-9-7-13(16)15(4)10(2)11-5-6-17-12(11)8-14(9,15)3/h5-6,9H,2,7-8H2,1,3-4H3/t9-,14+,15-/m1/s1. The third kappa shape index (κ3) is 0.998. The van der Waals surface area contributed by atoms with Crippen LogP contribution in [0.4, 0.5) is 0 Å². The number of hydrogen-bond donors (Lipinski definition) is 0. The monoisotopic (exact) mass is 230 g/mol. The molecule has 2 aliphatic carbocycles. The second-order valence-electron chi connectivity index (χ2n) is 5.98. The van der Waals surface area contributed by atoms with Gasteiger partial charge in [-0.05, 0) is 29.9 Å². The Labute approximate surface area is 102 Å². The maximum absolute atomic E-state index is 12.4. The van der Waals surface area contributed by atoms with E-state index in [0.29, 0.717) is 18.1 Å². The first-order valence-corrected chi connectivity index (χ1v) is 6.20. The lowest BCUT2D eigenvalue weighted by atomic mass is 9.55. The molecule has 2 nitrogen and oxygen atoms in total. The minimum Gasteiger partial charge on any atom is -0.469 e. The summed E-state index contributed by atoms with van der Waals surface area (Å²) in [5, 5.41) is 0. The van der Waals surface area contributed by atoms with E-state index in [1.54, 1.807) is 6.26 Å². The van der Waals surface area contributed by atoms with E-state index in [2.05, 4.69) is 27.4 Å². The van der Waals surface area contributed by atoms with Crippen LogP contribution in [0, 0.1) is 16.7 Å². The van der Waals surface area contributed by atoms with E-state index >= 15 is 0 Å². The fourth-order valence-electron chi connectivity index (χ4n) is 3.73. The van der Waals surface area contributed by atoms with Crippen molar-refractivity contribution in [2.45, 2.75) is 33.6 Å². The minimum absolute atomic E-state index is 0.0496. The summed E-state index contributed by atoms with van der Waals surface area (Å²) in [5.74, 6) is 1.72. The summed E-state index contributed by atoms with van der Waals surface area (Å²) < 4.78 is 5.56. The highest BCUT2D eigenvalue weighted by atomic mass is 16.3. The van der Waals surface area contributed by atoms with Gasteiger partial charge in [0, 0.05) is 18.4 Å². The van der Waals surface area contributed by atoms with Crippen LogP contribution in [0.15, 0.2) is 23.3 Å². The molecule has 17 heavy (non-hydrogen) atoms. The fourth-order valence-corrected chi connectivity index (χ4v) is 3.73. The summed E-state index contributed by atoms with van der Waals surface area (Å²) in [6.07, 6.45) is 3.22. The maximum Gasteiger partial charge on any atom is 0.143 e. The van der Waals surface area contributed by atoms with Gasteiger partial charge in [0.2, 0.25) is 0 Å². The van der Waals surface area contributed by atoms with Gasteiger partial charge in [0.15, 0.2) is 0 Å². The number of Topliss-reactive ketones (excluding diaryl/α,β-unsaturated/α-hetero) is 1. The molecule has 1 saturated carbocycles. The van der Waals surface area contributed by atoms with Crippen molar-refractivity contribution in [3.8, 4) is 0 Å². The Morgan fingerprint density at radius 3 is 2.88 bits per heavy atom. The van der Waals surface area contributed by atoms with E-state index in [1.807, 2.05) is 6.07 Å². The van der Waals surface area contributed by atoms with Gasteiger partial charge in [-0.1, -0.05) is 20.4 Å². The Morgan fingerprint density at radius 2 is 2.18 bits per heavy atom. The van der Waals surface area contributed by atoms with E-state index in [0.717, 1.165) is 23.3 Å². The summed E-state index contributed by atoms with van der Waals surface area (Å²) in [5.41, 5.74) is 1.53. The highest BCUT2D eigenvalue weighted by Gasteiger charge is 2.62. The second kappa shape index (κ2) is 2.92. The van der Waals surface area contributed by atoms with Gasteiger partial charge in [-0.3, -0.25) is 4.79 Å². The summed E-state index contributed by atoms with van der Waals surface area (Å²) in [4.78, 5) is 12.4. The molecule has 0 aromatic carbocycles. The highest BCUT2D eigenvalue weighted by molar-refractivity contribution is 6.01. The van der Waals surface area contributed by atoms with Crippen LogP contribution in [0.5, 0.6) is 0 Å². The molecule has 90 valence electrons. The van der Waals surface area contributed by atoms with Gasteiger partial charge in [0.05, 0.1) is 11.7 Å². The van der Waals surface area contributed by atoms with Crippen LogP contribution in [0.3, 0.4) is 0 Å². The molecule has 2 aliphatic rings. The highest BCUT2D eigenvalue weighted by Crippen LogP contribution is 2.63. The molecule has 0 spiro atoms. The van der Waals surface area contributed by atoms with Crippen molar-refractivity contribution in [3.63, 3.8) is 0 Å². The Hall–Kier alpha value is -1.31. The molecule has 3 rings (SSSR count). The van der Waals surface area contributed by atoms with Crippen LogP contribution in [0.25, 0.3) is 5.57 Å². The number of fused-ring (bicyclic) bond motifs is 2. The molecule has 0 aliphatic heterocycles. The number of carbonyl (C=O) groups is 1. The number of carbonyl (C=O) groups excluding carboxylic acids is 1. The van der Waals surface area contributed by atoms with Gasteiger partial charge >= 0.3 is 0 Å². The van der Waals surface area contributed by atoms with Crippen LogP contribution < -0.4 is 0 Å². The van der Waals surface area contributed by atoms with Gasteiger partial charge < -0.3 is 4.42 Å². The zero-order valence-corrected chi connectivity index (χ0v) is 10.7. The summed E-state index contributed by atoms with van der Waals surface area (Å²) >= 11 is 0. The third-order valence-electron chi connectivity index (χ3n) is 5.48. The smallest absolute Gasteiger partial charge is 0.143 e. The lowest BCUT2D eigenvalue weighted by Crippen LogP contribution is -2.44. The first-order chi connectivity index (χ1) is 7.91. The lowest BCUT2D eigenvalue weighted by molar-refractivity contribution is -0.125. The predicted octanol–water partition coefficient (Wildman–Crippen LogP) is 3.47. The van der Waals surface area contributed by atoms with Crippen LogP contribution in [0.1, 0.15) is 38.5 Å². The van der Waals surface area contributed by atoms with Crippen LogP contribution in [0.2, 0.25) is 0 Å². The third-order valence-corrected chi connectivity index (χ3v) is 5.48. The summed E-state index contributed by atoms with van der Waals surface area (Å²) in [6.45, 7) is 10.6. The van der Waals surface area contributed by atoms with Crippen molar-refractivity contribution in [2.75, 3.05) is 0 Å². The van der Waals surface area contributed by atoms with Crippen molar-refractivity contribution in [3.05, 3.63) is 30.2 Å². The van der Waals surface area contributed by atoms with E-state index in [4.69, 9.17) is 4.42 Å². The Balaban J connectivity index is 2.26. The van der Waals surface area contributed by atoms with E-state index in [9.17, 15) is 4.79 Å². The van der Waals surface area contributed by atoms with E-state index < -0.39 is 5.41 Å². The second-order valence-corrected chi connectivity index (χ2v) is 5.98. The molecule has 1 aromatic heterocycles. The molecule has 3 atom stereocenters. The molecular formula is C15H18O2. The summed E-state index contributed by atoms with van der Waals surface area (Å²) in [7, 11) is 0. The van der Waals surface area contributed by atoms with Gasteiger partial charge in [0.25, 0.3) is 0 Å². The molecule has 0 N–H and O–H groups in total. The first kappa shape index (κ1) is 10.8. The van der Waals surface area contributed by atoms with Gasteiger partial charge in [-0.25, -0.2) is 0 Å². The lowest BCUT2D eigenvalue weighted by Gasteiger charge is -2.46. The number of ketones is 1. The molecular weight excluding hydrogens is 212 g/mol. The van der Waals surface area contributed by atoms with Crippen molar-refractivity contribution in [1.29, 1.82) is 0 Å². The van der Waals surface area contributed by atoms with Crippen molar-refractivity contribution in [1.82, 2.24) is 0 Å². The zero-order chi connectivity index (χ0) is 12.4.